The summed E-state index contributed by atoms with van der Waals surface area (Å²) in [5.41, 5.74) is 4.47. The molecule has 1 fully saturated rings. The van der Waals surface area contributed by atoms with E-state index in [-0.39, 0.29) is 5.71 Å². The van der Waals surface area contributed by atoms with Crippen LogP contribution in [0.2, 0.25) is 0 Å². The smallest absolute Gasteiger partial charge is 0.237 e. The molecular formula is C13H13N5S. The molecule has 0 spiro atoms. The van der Waals surface area contributed by atoms with Gasteiger partial charge in [0.05, 0.1) is 5.69 Å². The van der Waals surface area contributed by atoms with E-state index in [2.05, 4.69) is 15.4 Å². The first-order valence-corrected chi connectivity index (χ1v) is 7.05. The van der Waals surface area contributed by atoms with Crippen LogP contribution in [0.5, 0.6) is 0 Å². The molecule has 1 aromatic rings. The average Bonchev–Trinajstić information content (AvgIpc) is 2.50. The lowest BCUT2D eigenvalue weighted by Crippen LogP contribution is -2.32. The molecule has 0 radical (unpaired) electrons. The van der Waals surface area contributed by atoms with E-state index in [9.17, 15) is 0 Å². The fraction of sp³-hybridized carbons (Fsp3) is 0.308. The van der Waals surface area contributed by atoms with Gasteiger partial charge in [0, 0.05) is 30.3 Å². The van der Waals surface area contributed by atoms with Gasteiger partial charge >= 0.3 is 0 Å². The van der Waals surface area contributed by atoms with E-state index in [4.69, 9.17) is 10.5 Å². The second kappa shape index (κ2) is 6.67. The van der Waals surface area contributed by atoms with Crippen molar-refractivity contribution in [2.75, 3.05) is 34.9 Å². The number of hydrazone groups is 1. The largest absolute Gasteiger partial charge is 0.370 e. The highest BCUT2D eigenvalue weighted by Gasteiger charge is 2.10. The first-order chi connectivity index (χ1) is 9.33. The van der Waals surface area contributed by atoms with Gasteiger partial charge in [0.25, 0.3) is 0 Å². The third-order valence-electron chi connectivity index (χ3n) is 2.75. The van der Waals surface area contributed by atoms with E-state index in [1.807, 2.05) is 36.0 Å². The zero-order chi connectivity index (χ0) is 13.5. The number of nitriles is 2. The number of thioether (sulfide) groups is 1. The van der Waals surface area contributed by atoms with Crippen LogP contribution in [0.15, 0.2) is 29.4 Å². The predicted molar refractivity (Wildman–Crippen MR) is 78.3 cm³/mol. The minimum atomic E-state index is -0.183. The predicted octanol–water partition coefficient (Wildman–Crippen LogP) is 2.05. The summed E-state index contributed by atoms with van der Waals surface area (Å²) in [6.07, 6.45) is 0. The normalized spacial score (nSPS) is 14.1. The van der Waals surface area contributed by atoms with Crippen molar-refractivity contribution in [1.82, 2.24) is 0 Å². The number of rotatable bonds is 3. The third kappa shape index (κ3) is 3.64. The Balaban J connectivity index is 2.01. The molecule has 2 rings (SSSR count). The molecule has 0 aromatic heterocycles. The molecule has 0 aliphatic carbocycles. The van der Waals surface area contributed by atoms with E-state index in [0.29, 0.717) is 0 Å². The van der Waals surface area contributed by atoms with Crippen LogP contribution in [0.1, 0.15) is 0 Å². The Morgan fingerprint density at radius 3 is 2.37 bits per heavy atom. The van der Waals surface area contributed by atoms with E-state index in [1.54, 1.807) is 12.1 Å². The van der Waals surface area contributed by atoms with Crippen LogP contribution >= 0.6 is 11.8 Å². The summed E-state index contributed by atoms with van der Waals surface area (Å²) in [7, 11) is 0. The van der Waals surface area contributed by atoms with Gasteiger partial charge in [-0.3, -0.25) is 5.43 Å². The molecule has 1 aliphatic heterocycles. The van der Waals surface area contributed by atoms with Crippen LogP contribution < -0.4 is 10.3 Å². The summed E-state index contributed by atoms with van der Waals surface area (Å²) in [5.74, 6) is 2.33. The van der Waals surface area contributed by atoms with E-state index >= 15 is 0 Å². The Morgan fingerprint density at radius 2 is 1.79 bits per heavy atom. The van der Waals surface area contributed by atoms with Gasteiger partial charge in [0.1, 0.15) is 12.1 Å². The van der Waals surface area contributed by atoms with Gasteiger partial charge in [-0.05, 0) is 24.3 Å². The molecule has 6 heteroatoms. The number of anilines is 2. The van der Waals surface area contributed by atoms with Gasteiger partial charge < -0.3 is 4.90 Å². The Morgan fingerprint density at radius 1 is 1.16 bits per heavy atom. The van der Waals surface area contributed by atoms with Crippen LogP contribution in [-0.2, 0) is 0 Å². The van der Waals surface area contributed by atoms with Crippen molar-refractivity contribution >= 4 is 28.8 Å². The number of benzene rings is 1. The van der Waals surface area contributed by atoms with Crippen LogP contribution in [0.25, 0.3) is 0 Å². The Labute approximate surface area is 116 Å². The number of nitrogens with zero attached hydrogens (tertiary/aromatic N) is 4. The lowest BCUT2D eigenvalue weighted by Gasteiger charge is -2.28. The third-order valence-corrected chi connectivity index (χ3v) is 3.69. The molecule has 1 N–H and O–H groups in total. The molecule has 0 amide bonds. The van der Waals surface area contributed by atoms with Crippen molar-refractivity contribution in [3.63, 3.8) is 0 Å². The van der Waals surface area contributed by atoms with Gasteiger partial charge in [-0.15, -0.1) is 0 Å². The Bertz CT molecular complexity index is 516. The summed E-state index contributed by atoms with van der Waals surface area (Å²) in [4.78, 5) is 2.35. The molecule has 0 unspecified atom stereocenters. The number of hydrogen-bond acceptors (Lipinski definition) is 6. The monoisotopic (exact) mass is 271 g/mol. The van der Waals surface area contributed by atoms with Crippen LogP contribution in [0.4, 0.5) is 11.4 Å². The zero-order valence-corrected chi connectivity index (χ0v) is 11.2. The molecule has 0 bridgehead atoms. The standard InChI is InChI=1S/C13H13N5S/c14-9-12(10-15)17-16-11-1-3-13(4-2-11)18-5-7-19-8-6-18/h1-4,16H,5-8H2. The minimum absolute atomic E-state index is 0.183. The van der Waals surface area contributed by atoms with Crippen LogP contribution in [0.3, 0.4) is 0 Å². The highest BCUT2D eigenvalue weighted by molar-refractivity contribution is 7.99. The first-order valence-electron chi connectivity index (χ1n) is 5.90. The molecule has 5 nitrogen and oxygen atoms in total. The summed E-state index contributed by atoms with van der Waals surface area (Å²) >= 11 is 1.98. The lowest BCUT2D eigenvalue weighted by molar-refractivity contribution is 0.859. The van der Waals surface area contributed by atoms with Gasteiger partial charge in [-0.1, -0.05) is 0 Å². The van der Waals surface area contributed by atoms with Crippen molar-refractivity contribution < 1.29 is 0 Å². The minimum Gasteiger partial charge on any atom is -0.370 e. The first kappa shape index (κ1) is 13.3. The van der Waals surface area contributed by atoms with E-state index < -0.39 is 0 Å². The van der Waals surface area contributed by atoms with Gasteiger partial charge in [-0.25, -0.2) is 0 Å². The van der Waals surface area contributed by atoms with Crippen molar-refractivity contribution in [2.45, 2.75) is 0 Å². The highest BCUT2D eigenvalue weighted by Crippen LogP contribution is 2.21. The SMILES string of the molecule is N#CC(C#N)=NNc1ccc(N2CCSCC2)cc1. The zero-order valence-electron chi connectivity index (χ0n) is 10.3. The van der Waals surface area contributed by atoms with Crippen molar-refractivity contribution in [3.8, 4) is 12.1 Å². The lowest BCUT2D eigenvalue weighted by atomic mass is 10.2. The summed E-state index contributed by atoms with van der Waals surface area (Å²) in [6.45, 7) is 2.14. The maximum absolute atomic E-state index is 8.57. The summed E-state index contributed by atoms with van der Waals surface area (Å²) in [5, 5.41) is 20.8. The average molecular weight is 271 g/mol. The maximum atomic E-state index is 8.57. The molecule has 1 heterocycles. The summed E-state index contributed by atoms with van der Waals surface area (Å²) < 4.78 is 0. The molecular weight excluding hydrogens is 258 g/mol. The van der Waals surface area contributed by atoms with Crippen molar-refractivity contribution in [1.29, 1.82) is 10.5 Å². The molecule has 1 saturated heterocycles. The fourth-order valence-corrected chi connectivity index (χ4v) is 2.67. The number of hydrogen-bond donors (Lipinski definition) is 1. The van der Waals surface area contributed by atoms with Crippen LogP contribution in [-0.4, -0.2) is 30.3 Å². The summed E-state index contributed by atoms with van der Waals surface area (Å²) in [6, 6.07) is 11.2. The van der Waals surface area contributed by atoms with Gasteiger partial charge in [0.2, 0.25) is 5.71 Å². The second-order valence-corrected chi connectivity index (χ2v) is 5.17. The molecule has 96 valence electrons. The second-order valence-electron chi connectivity index (χ2n) is 3.94. The topological polar surface area (TPSA) is 75.2 Å². The van der Waals surface area contributed by atoms with Gasteiger partial charge in [-0.2, -0.15) is 27.4 Å². The Kier molecular flexibility index (Phi) is 4.66. The van der Waals surface area contributed by atoms with E-state index in [1.165, 1.54) is 5.69 Å². The fourth-order valence-electron chi connectivity index (χ4n) is 1.76. The quantitative estimate of drug-likeness (QED) is 0.672. The van der Waals surface area contributed by atoms with Gasteiger partial charge in [0.15, 0.2) is 0 Å². The van der Waals surface area contributed by atoms with Crippen molar-refractivity contribution in [2.24, 2.45) is 5.10 Å². The molecule has 0 atom stereocenters. The van der Waals surface area contributed by atoms with Crippen LogP contribution in [0, 0.1) is 22.7 Å². The molecule has 1 aromatic carbocycles. The molecule has 1 aliphatic rings. The molecule has 0 saturated carbocycles. The number of nitrogens with one attached hydrogen (secondary N) is 1. The van der Waals surface area contributed by atoms with Crippen molar-refractivity contribution in [3.05, 3.63) is 24.3 Å². The Hall–Kier alpha value is -2.18. The highest BCUT2D eigenvalue weighted by atomic mass is 32.2. The maximum Gasteiger partial charge on any atom is 0.237 e. The van der Waals surface area contributed by atoms with E-state index in [0.717, 1.165) is 30.3 Å². The molecule has 19 heavy (non-hydrogen) atoms.